The van der Waals surface area contributed by atoms with Crippen LogP contribution in [0, 0.1) is 5.82 Å². The number of amides is 1. The van der Waals surface area contributed by atoms with Gasteiger partial charge in [0, 0.05) is 35.5 Å². The lowest BCUT2D eigenvalue weighted by atomic mass is 9.96. The summed E-state index contributed by atoms with van der Waals surface area (Å²) >= 11 is 13.3. The van der Waals surface area contributed by atoms with Crippen LogP contribution in [0.4, 0.5) is 15.8 Å². The maximum Gasteiger partial charge on any atom is 0.340 e. The van der Waals surface area contributed by atoms with Crippen molar-refractivity contribution in [2.45, 2.75) is 50.4 Å². The van der Waals surface area contributed by atoms with Crippen LogP contribution in [-0.4, -0.2) is 80.2 Å². The number of nitrogens with zero attached hydrogens (tertiary/aromatic N) is 3. The Kier molecular flexibility index (Phi) is 8.48. The number of rotatable bonds is 5. The molecule has 0 radical (unpaired) electrons. The zero-order valence-corrected chi connectivity index (χ0v) is 26.8. The number of fused-ring (bicyclic) bond motifs is 3. The van der Waals surface area contributed by atoms with Crippen molar-refractivity contribution in [3.63, 3.8) is 0 Å². The molecular formula is C34H34Cl2FN3O6. The summed E-state index contributed by atoms with van der Waals surface area (Å²) in [6.07, 6.45) is 3.00. The Morgan fingerprint density at radius 2 is 1.76 bits per heavy atom. The Hall–Kier alpha value is -3.57. The van der Waals surface area contributed by atoms with E-state index in [1.54, 1.807) is 30.3 Å². The third kappa shape index (κ3) is 5.55. The van der Waals surface area contributed by atoms with E-state index in [4.69, 9.17) is 37.4 Å². The smallest absolute Gasteiger partial charge is 0.340 e. The van der Waals surface area contributed by atoms with Gasteiger partial charge in [-0.05, 0) is 49.9 Å². The van der Waals surface area contributed by atoms with E-state index in [9.17, 15) is 14.7 Å². The molecule has 3 atom stereocenters. The molecule has 46 heavy (non-hydrogen) atoms. The summed E-state index contributed by atoms with van der Waals surface area (Å²) in [5.74, 6) is -1.12. The molecule has 4 aliphatic rings. The third-order valence-electron chi connectivity index (χ3n) is 9.41. The molecule has 3 aromatic carbocycles. The van der Waals surface area contributed by atoms with Crippen molar-refractivity contribution in [2.24, 2.45) is 0 Å². The van der Waals surface area contributed by atoms with E-state index >= 15 is 4.39 Å². The Morgan fingerprint density at radius 3 is 2.46 bits per heavy atom. The average molecular weight is 671 g/mol. The lowest BCUT2D eigenvalue weighted by Crippen LogP contribution is -2.46. The fraction of sp³-hybridized carbons (Fsp3) is 0.412. The molecule has 3 saturated heterocycles. The monoisotopic (exact) mass is 669 g/mol. The second kappa shape index (κ2) is 12.6. The number of aliphatic hydroxyl groups excluding tert-OH is 1. The Bertz CT molecular complexity index is 1670. The molecule has 3 fully saturated rings. The van der Waals surface area contributed by atoms with Gasteiger partial charge in [-0.15, -0.1) is 0 Å². The van der Waals surface area contributed by atoms with E-state index in [1.165, 1.54) is 18.1 Å². The van der Waals surface area contributed by atoms with Crippen LogP contribution in [-0.2, 0) is 16.0 Å². The minimum Gasteiger partial charge on any atom is -0.472 e. The third-order valence-corrected chi connectivity index (χ3v) is 10.0. The first-order chi connectivity index (χ1) is 22.2. The number of carbonyl (C=O) groups is 2. The van der Waals surface area contributed by atoms with Gasteiger partial charge in [0.15, 0.2) is 6.73 Å². The summed E-state index contributed by atoms with van der Waals surface area (Å²) in [4.78, 5) is 32.2. The summed E-state index contributed by atoms with van der Waals surface area (Å²) in [7, 11) is 1.29. The van der Waals surface area contributed by atoms with E-state index in [0.717, 1.165) is 37.9 Å². The minimum absolute atomic E-state index is 0.0835. The summed E-state index contributed by atoms with van der Waals surface area (Å²) in [6.45, 7) is 2.40. The van der Waals surface area contributed by atoms with Crippen molar-refractivity contribution in [3.8, 4) is 16.9 Å². The summed E-state index contributed by atoms with van der Waals surface area (Å²) in [5, 5.41) is 10.5. The van der Waals surface area contributed by atoms with Gasteiger partial charge in [-0.1, -0.05) is 41.4 Å². The predicted octanol–water partition coefficient (Wildman–Crippen LogP) is 5.91. The minimum atomic E-state index is -0.606. The van der Waals surface area contributed by atoms with Crippen molar-refractivity contribution >= 4 is 46.5 Å². The number of halogens is 3. The molecule has 3 unspecified atom stereocenters. The Labute approximate surface area is 276 Å². The highest BCUT2D eigenvalue weighted by molar-refractivity contribution is 6.40. The van der Waals surface area contributed by atoms with Gasteiger partial charge in [-0.2, -0.15) is 0 Å². The maximum absolute atomic E-state index is 15.8. The van der Waals surface area contributed by atoms with E-state index in [1.807, 2.05) is 11.0 Å². The average Bonchev–Trinajstić information content (AvgIpc) is 3.30. The second-order valence-electron chi connectivity index (χ2n) is 12.3. The highest BCUT2D eigenvalue weighted by Gasteiger charge is 2.40. The van der Waals surface area contributed by atoms with Crippen LogP contribution in [0.5, 0.6) is 5.75 Å². The SMILES string of the molecule is COC(=O)c1cc(F)c(-c2cccc3c2OCN(C(=O)c2c(Cl)cc(N4CCCC(O)C4)cc2Cl)C3)cc1N1C2CCC1COC2. The van der Waals surface area contributed by atoms with Crippen molar-refractivity contribution in [2.75, 3.05) is 49.9 Å². The number of methoxy groups -OCH3 is 1. The fourth-order valence-electron chi connectivity index (χ4n) is 7.19. The molecular weight excluding hydrogens is 636 g/mol. The molecule has 7 rings (SSSR count). The van der Waals surface area contributed by atoms with Crippen LogP contribution in [0.15, 0.2) is 42.5 Å². The van der Waals surface area contributed by atoms with Crippen LogP contribution in [0.1, 0.15) is 52.0 Å². The number of para-hydroxylation sites is 1. The number of ether oxygens (including phenoxy) is 3. The predicted molar refractivity (Wildman–Crippen MR) is 173 cm³/mol. The van der Waals surface area contributed by atoms with Gasteiger partial charge in [0.1, 0.15) is 11.6 Å². The van der Waals surface area contributed by atoms with Crippen molar-refractivity contribution in [1.82, 2.24) is 4.90 Å². The number of hydrogen-bond acceptors (Lipinski definition) is 8. The number of piperidine rings is 1. The zero-order valence-electron chi connectivity index (χ0n) is 25.3. The van der Waals surface area contributed by atoms with Crippen LogP contribution < -0.4 is 14.5 Å². The number of hydrogen-bond donors (Lipinski definition) is 1. The highest BCUT2D eigenvalue weighted by atomic mass is 35.5. The molecule has 1 amide bonds. The highest BCUT2D eigenvalue weighted by Crippen LogP contribution is 2.43. The number of morpholine rings is 1. The Balaban J connectivity index is 1.19. The van der Waals surface area contributed by atoms with Crippen LogP contribution in [0.2, 0.25) is 10.0 Å². The second-order valence-corrected chi connectivity index (χ2v) is 13.1. The van der Waals surface area contributed by atoms with Gasteiger partial charge in [0.2, 0.25) is 0 Å². The van der Waals surface area contributed by atoms with Crippen LogP contribution in [0.3, 0.4) is 0 Å². The van der Waals surface area contributed by atoms with Crippen LogP contribution in [0.25, 0.3) is 11.1 Å². The van der Waals surface area contributed by atoms with Gasteiger partial charge in [0.05, 0.1) is 71.9 Å². The number of carbonyl (C=O) groups excluding carboxylic acids is 2. The molecule has 3 aromatic rings. The molecule has 1 N–H and O–H groups in total. The lowest BCUT2D eigenvalue weighted by molar-refractivity contribution is 0.0515. The number of β-amino-alcohol motifs (C(OH)–C–C–N with tert-alkyl or cyclic N) is 1. The van der Waals surface area contributed by atoms with Crippen molar-refractivity contribution in [3.05, 3.63) is 75.0 Å². The summed E-state index contributed by atoms with van der Waals surface area (Å²) in [5.41, 5.74) is 3.19. The standard InChI is InChI=1S/C34H34Cl2FN3O6/c1-44-34(43)26-12-29(37)25(13-30(26)40-20-7-8-21(40)17-45-16-20)24-6-2-4-19-14-39(18-46-32(19)24)33(42)31-27(35)10-22(11-28(31)36)38-9-3-5-23(41)15-38/h2,4,6,10-13,20-21,23,41H,3,5,7-9,14-18H2,1H3. The van der Waals surface area contributed by atoms with Crippen molar-refractivity contribution in [1.29, 1.82) is 0 Å². The summed E-state index contributed by atoms with van der Waals surface area (Å²) in [6, 6.07) is 11.9. The largest absolute Gasteiger partial charge is 0.472 e. The van der Waals surface area contributed by atoms with E-state index in [-0.39, 0.29) is 52.1 Å². The molecule has 4 aliphatic heterocycles. The first-order valence-corrected chi connectivity index (χ1v) is 16.2. The summed E-state index contributed by atoms with van der Waals surface area (Å²) < 4.78 is 32.8. The van der Waals surface area contributed by atoms with Gasteiger partial charge in [0.25, 0.3) is 5.91 Å². The molecule has 0 spiro atoms. The quantitative estimate of drug-likeness (QED) is 0.336. The topological polar surface area (TPSA) is 91.8 Å². The fourth-order valence-corrected chi connectivity index (χ4v) is 7.82. The maximum atomic E-state index is 15.8. The number of esters is 1. The van der Waals surface area contributed by atoms with Gasteiger partial charge >= 0.3 is 5.97 Å². The molecule has 0 aromatic heterocycles. The number of aliphatic hydroxyl groups is 1. The van der Waals surface area contributed by atoms with Gasteiger partial charge in [-0.3, -0.25) is 4.79 Å². The number of benzene rings is 3. The molecule has 2 bridgehead atoms. The van der Waals surface area contributed by atoms with E-state index in [0.29, 0.717) is 42.3 Å². The molecule has 12 heteroatoms. The van der Waals surface area contributed by atoms with E-state index < -0.39 is 23.8 Å². The molecule has 4 heterocycles. The molecule has 0 aliphatic carbocycles. The normalized spacial score (nSPS) is 22.4. The number of anilines is 2. The molecule has 9 nitrogen and oxygen atoms in total. The first-order valence-electron chi connectivity index (χ1n) is 15.5. The lowest BCUT2D eigenvalue weighted by Gasteiger charge is -2.38. The molecule has 242 valence electrons. The zero-order chi connectivity index (χ0) is 32.1. The first kappa shape index (κ1) is 31.1. The Morgan fingerprint density at radius 1 is 1.02 bits per heavy atom. The van der Waals surface area contributed by atoms with Gasteiger partial charge < -0.3 is 34.0 Å². The molecule has 0 saturated carbocycles. The van der Waals surface area contributed by atoms with E-state index in [2.05, 4.69) is 4.90 Å². The van der Waals surface area contributed by atoms with Crippen molar-refractivity contribution < 1.29 is 33.3 Å². The van der Waals surface area contributed by atoms with Crippen LogP contribution >= 0.6 is 23.2 Å². The van der Waals surface area contributed by atoms with Gasteiger partial charge in [-0.25, -0.2) is 9.18 Å².